The van der Waals surface area contributed by atoms with Gasteiger partial charge in [0.25, 0.3) is 0 Å². The highest BCUT2D eigenvalue weighted by atomic mass is 16.5. The van der Waals surface area contributed by atoms with Crippen LogP contribution >= 0.6 is 0 Å². The lowest BCUT2D eigenvalue weighted by Crippen LogP contribution is -2.41. The SMILES string of the molecule is CC(C)C.CCNC(=O)CNC(=O)C(CC(=O)NO)Cc1ccc2ccccc2c1.OCCO. The average Bonchev–Trinajstić information content (AvgIpc) is 2.82. The van der Waals surface area contributed by atoms with E-state index in [-0.39, 0.29) is 32.1 Å². The van der Waals surface area contributed by atoms with E-state index in [1.165, 1.54) is 0 Å². The summed E-state index contributed by atoms with van der Waals surface area (Å²) >= 11 is 0. The number of hydrogen-bond donors (Lipinski definition) is 6. The fourth-order valence-corrected chi connectivity index (χ4v) is 2.75. The maximum absolute atomic E-state index is 12.4. The second-order valence-electron chi connectivity index (χ2n) is 8.17. The number of likely N-dealkylation sites (N-methyl/N-ethyl adjacent to an activating group) is 1. The first-order chi connectivity index (χ1) is 16.2. The van der Waals surface area contributed by atoms with Gasteiger partial charge in [0, 0.05) is 13.0 Å². The Bertz CT molecular complexity index is 868. The Balaban J connectivity index is 0.00000118. The van der Waals surface area contributed by atoms with Gasteiger partial charge >= 0.3 is 0 Å². The summed E-state index contributed by atoms with van der Waals surface area (Å²) in [6.07, 6.45) is 0.143. The van der Waals surface area contributed by atoms with E-state index in [4.69, 9.17) is 15.4 Å². The van der Waals surface area contributed by atoms with Gasteiger partial charge in [-0.05, 0) is 35.6 Å². The van der Waals surface area contributed by atoms with Gasteiger partial charge in [-0.15, -0.1) is 0 Å². The molecule has 190 valence electrons. The quantitative estimate of drug-likeness (QED) is 0.240. The van der Waals surface area contributed by atoms with E-state index in [1.54, 1.807) is 12.4 Å². The van der Waals surface area contributed by atoms with Crippen molar-refractivity contribution < 1.29 is 29.8 Å². The first-order valence-corrected chi connectivity index (χ1v) is 11.3. The summed E-state index contributed by atoms with van der Waals surface area (Å²) in [5.41, 5.74) is 2.45. The number of benzene rings is 2. The second kappa shape index (κ2) is 18.4. The Morgan fingerprint density at radius 3 is 2.00 bits per heavy atom. The van der Waals surface area contributed by atoms with Gasteiger partial charge in [0.1, 0.15) is 0 Å². The van der Waals surface area contributed by atoms with E-state index < -0.39 is 17.7 Å². The van der Waals surface area contributed by atoms with Crippen LogP contribution in [0, 0.1) is 11.8 Å². The third-order valence-corrected chi connectivity index (χ3v) is 4.12. The van der Waals surface area contributed by atoms with Crippen molar-refractivity contribution >= 4 is 28.5 Å². The van der Waals surface area contributed by atoms with Crippen molar-refractivity contribution in [2.24, 2.45) is 11.8 Å². The molecule has 0 fully saturated rings. The van der Waals surface area contributed by atoms with E-state index in [0.29, 0.717) is 13.0 Å². The predicted molar refractivity (Wildman–Crippen MR) is 132 cm³/mol. The van der Waals surface area contributed by atoms with Crippen LogP contribution in [0.4, 0.5) is 0 Å². The van der Waals surface area contributed by atoms with Gasteiger partial charge in [0.2, 0.25) is 17.7 Å². The molecule has 0 bridgehead atoms. The highest BCUT2D eigenvalue weighted by Crippen LogP contribution is 2.19. The van der Waals surface area contributed by atoms with Crippen molar-refractivity contribution in [2.45, 2.75) is 40.5 Å². The molecule has 34 heavy (non-hydrogen) atoms. The zero-order valence-electron chi connectivity index (χ0n) is 20.5. The lowest BCUT2D eigenvalue weighted by molar-refractivity contribution is -0.135. The number of nitrogens with one attached hydrogen (secondary N) is 3. The number of hydrogen-bond acceptors (Lipinski definition) is 6. The molecule has 0 heterocycles. The van der Waals surface area contributed by atoms with Crippen LogP contribution < -0.4 is 16.1 Å². The number of hydroxylamine groups is 1. The smallest absolute Gasteiger partial charge is 0.244 e. The van der Waals surface area contributed by atoms with Gasteiger partial charge < -0.3 is 20.8 Å². The number of aliphatic hydroxyl groups is 2. The standard InChI is InChI=1S/C19H23N3O4.C4H10.C2H6O2/c1-2-20-18(24)12-21-19(25)16(11-17(23)22-26)10-13-7-8-14-5-3-4-6-15(14)9-13;1-4(2)3;3-1-2-4/h3-9,16,26H,2,10-12H2,1H3,(H,20,24)(H,21,25)(H,22,23);4H,1-3H3;3-4H,1-2H2. The molecule has 2 aromatic carbocycles. The van der Waals surface area contributed by atoms with Crippen LogP contribution in [-0.2, 0) is 20.8 Å². The second-order valence-corrected chi connectivity index (χ2v) is 8.17. The number of aliphatic hydroxyl groups excluding tert-OH is 2. The van der Waals surface area contributed by atoms with Crippen LogP contribution in [0.3, 0.4) is 0 Å². The molecule has 2 aromatic rings. The van der Waals surface area contributed by atoms with Crippen molar-refractivity contribution in [3.63, 3.8) is 0 Å². The molecule has 1 atom stereocenters. The normalized spacial score (nSPS) is 10.8. The number of amides is 3. The first-order valence-electron chi connectivity index (χ1n) is 11.3. The summed E-state index contributed by atoms with van der Waals surface area (Å²) < 4.78 is 0. The molecule has 0 aliphatic rings. The Labute approximate surface area is 201 Å². The van der Waals surface area contributed by atoms with Crippen molar-refractivity contribution in [1.82, 2.24) is 16.1 Å². The molecule has 2 rings (SSSR count). The van der Waals surface area contributed by atoms with Crippen LogP contribution in [0.15, 0.2) is 42.5 Å². The molecule has 1 unspecified atom stereocenters. The number of fused-ring (bicyclic) bond motifs is 1. The summed E-state index contributed by atoms with van der Waals surface area (Å²) in [5.74, 6) is -1.22. The predicted octanol–water partition coefficient (Wildman–Crippen LogP) is 1.78. The number of carbonyl (C=O) groups excluding carboxylic acids is 3. The molecule has 0 aliphatic heterocycles. The van der Waals surface area contributed by atoms with Crippen LogP contribution in [0.2, 0.25) is 0 Å². The van der Waals surface area contributed by atoms with Gasteiger partial charge in [-0.3, -0.25) is 19.6 Å². The molecule has 0 spiro atoms. The summed E-state index contributed by atoms with van der Waals surface area (Å²) in [6, 6.07) is 13.7. The van der Waals surface area contributed by atoms with E-state index in [0.717, 1.165) is 22.3 Å². The molecule has 0 aromatic heterocycles. The topological polar surface area (TPSA) is 148 Å². The fourth-order valence-electron chi connectivity index (χ4n) is 2.75. The van der Waals surface area contributed by atoms with Gasteiger partial charge in [0.15, 0.2) is 0 Å². The summed E-state index contributed by atoms with van der Waals surface area (Å²) in [5, 5.41) is 31.3. The minimum absolute atomic E-state index is 0.125. The van der Waals surface area contributed by atoms with Crippen molar-refractivity contribution in [2.75, 3.05) is 26.3 Å². The average molecular weight is 478 g/mol. The largest absolute Gasteiger partial charge is 0.394 e. The van der Waals surface area contributed by atoms with Crippen LogP contribution in [-0.4, -0.2) is 59.4 Å². The number of carbonyl (C=O) groups is 3. The minimum Gasteiger partial charge on any atom is -0.394 e. The Kier molecular flexibility index (Phi) is 16.8. The molecule has 6 N–H and O–H groups in total. The maximum atomic E-state index is 12.4. The monoisotopic (exact) mass is 477 g/mol. The Hall–Kier alpha value is -3.01. The van der Waals surface area contributed by atoms with Gasteiger partial charge in [-0.1, -0.05) is 63.2 Å². The molecule has 3 amide bonds. The van der Waals surface area contributed by atoms with Crippen LogP contribution in [0.1, 0.15) is 39.7 Å². The molecule has 9 heteroatoms. The lowest BCUT2D eigenvalue weighted by Gasteiger charge is -2.16. The van der Waals surface area contributed by atoms with Gasteiger partial charge in [-0.2, -0.15) is 0 Å². The Morgan fingerprint density at radius 2 is 1.47 bits per heavy atom. The Morgan fingerprint density at radius 1 is 0.882 bits per heavy atom. The van der Waals surface area contributed by atoms with E-state index in [9.17, 15) is 14.4 Å². The zero-order valence-corrected chi connectivity index (χ0v) is 20.5. The summed E-state index contributed by atoms with van der Waals surface area (Å²) in [4.78, 5) is 35.5. The van der Waals surface area contributed by atoms with E-state index in [2.05, 4.69) is 31.4 Å². The van der Waals surface area contributed by atoms with E-state index >= 15 is 0 Å². The highest BCUT2D eigenvalue weighted by Gasteiger charge is 2.23. The molecular weight excluding hydrogens is 438 g/mol. The molecule has 9 nitrogen and oxygen atoms in total. The van der Waals surface area contributed by atoms with Crippen LogP contribution in [0.25, 0.3) is 10.8 Å². The lowest BCUT2D eigenvalue weighted by atomic mass is 9.93. The minimum atomic E-state index is -0.697. The number of rotatable bonds is 9. The first kappa shape index (κ1) is 31.0. The third-order valence-electron chi connectivity index (χ3n) is 4.12. The summed E-state index contributed by atoms with van der Waals surface area (Å²) in [6.45, 7) is 8.36. The van der Waals surface area contributed by atoms with E-state index in [1.807, 2.05) is 42.5 Å². The zero-order chi connectivity index (χ0) is 25.9. The van der Waals surface area contributed by atoms with Gasteiger partial charge in [-0.25, -0.2) is 5.48 Å². The fraction of sp³-hybridized carbons (Fsp3) is 0.480. The molecule has 0 saturated carbocycles. The van der Waals surface area contributed by atoms with Crippen LogP contribution in [0.5, 0.6) is 0 Å². The van der Waals surface area contributed by atoms with Crippen molar-refractivity contribution in [1.29, 1.82) is 0 Å². The maximum Gasteiger partial charge on any atom is 0.244 e. The molecule has 0 radical (unpaired) electrons. The van der Waals surface area contributed by atoms with Crippen molar-refractivity contribution in [3.8, 4) is 0 Å². The molecule has 0 aliphatic carbocycles. The molecule has 0 saturated heterocycles. The summed E-state index contributed by atoms with van der Waals surface area (Å²) in [7, 11) is 0. The third kappa shape index (κ3) is 14.2. The van der Waals surface area contributed by atoms with Gasteiger partial charge in [0.05, 0.1) is 25.7 Å². The highest BCUT2D eigenvalue weighted by molar-refractivity contribution is 5.89. The van der Waals surface area contributed by atoms with Crippen molar-refractivity contribution in [3.05, 3.63) is 48.0 Å². The molecular formula is C25H39N3O6.